The maximum atomic E-state index is 12.8. The molecule has 5 rings (SSSR count). The zero-order chi connectivity index (χ0) is 28.6. The van der Waals surface area contributed by atoms with Gasteiger partial charge in [-0.15, -0.1) is 0 Å². The number of aromatic nitrogens is 2. The third kappa shape index (κ3) is 6.92. The van der Waals surface area contributed by atoms with Gasteiger partial charge in [-0.05, 0) is 62.7 Å². The van der Waals surface area contributed by atoms with Crippen LogP contribution in [0.5, 0.6) is 11.5 Å². The van der Waals surface area contributed by atoms with Gasteiger partial charge >= 0.3 is 0 Å². The van der Waals surface area contributed by atoms with Crippen LogP contribution in [0.15, 0.2) is 73.1 Å². The number of amides is 1. The van der Waals surface area contributed by atoms with E-state index in [1.807, 2.05) is 37.3 Å². The highest BCUT2D eigenvalue weighted by atomic mass is 35.5. The molecule has 1 fully saturated rings. The largest absolute Gasteiger partial charge is 0.492 e. The average molecular weight is 569 g/mol. The third-order valence-electron chi connectivity index (χ3n) is 6.53. The highest BCUT2D eigenvalue weighted by Crippen LogP contribution is 2.37. The Morgan fingerprint density at radius 2 is 2.10 bits per heavy atom. The molecule has 9 nitrogen and oxygen atoms in total. The molecule has 1 aliphatic heterocycles. The summed E-state index contributed by atoms with van der Waals surface area (Å²) in [6.07, 6.45) is 8.71. The average Bonchev–Trinajstić information content (AvgIpc) is 3.51. The smallest absolute Gasteiger partial charge is 0.248 e. The van der Waals surface area contributed by atoms with Crippen molar-refractivity contribution in [1.82, 2.24) is 15.3 Å². The summed E-state index contributed by atoms with van der Waals surface area (Å²) >= 11 is 6.53. The van der Waals surface area contributed by atoms with Gasteiger partial charge in [0.25, 0.3) is 0 Å². The number of ether oxygens (including phenoxy) is 2. The first kappa shape index (κ1) is 27.9. The minimum absolute atomic E-state index is 0.195. The number of pyridine rings is 2. The lowest BCUT2D eigenvalue weighted by Crippen LogP contribution is -2.19. The van der Waals surface area contributed by atoms with Crippen molar-refractivity contribution < 1.29 is 14.3 Å². The molecule has 2 aromatic carbocycles. The van der Waals surface area contributed by atoms with Gasteiger partial charge in [0.1, 0.15) is 24.2 Å². The van der Waals surface area contributed by atoms with E-state index in [2.05, 4.69) is 32.0 Å². The molecule has 41 heavy (non-hydrogen) atoms. The monoisotopic (exact) mass is 568 g/mol. The number of carbonyl (C=O) groups excluding carboxylic acids is 1. The topological polar surface area (TPSA) is 121 Å². The number of nitrogens with one attached hydrogen (secondary N) is 3. The summed E-state index contributed by atoms with van der Waals surface area (Å²) in [4.78, 5) is 21.5. The molecule has 0 radical (unpaired) electrons. The number of hydrogen-bond donors (Lipinski definition) is 3. The number of rotatable bonds is 10. The van der Waals surface area contributed by atoms with Crippen LogP contribution in [0, 0.1) is 11.3 Å². The maximum Gasteiger partial charge on any atom is 0.248 e. The SMILES string of the molecule is CCOc1cc2ncc(C#N)c(Nc3ccc(OCc4ccccn4)c(Cl)c3)c2cc1NC(=O)C=CC1CCCN1. The summed E-state index contributed by atoms with van der Waals surface area (Å²) < 4.78 is 11.6. The Morgan fingerprint density at radius 1 is 1.20 bits per heavy atom. The van der Waals surface area contributed by atoms with Gasteiger partial charge in [0, 0.05) is 41.7 Å². The standard InChI is InChI=1S/C31H29ClN6O3/c1-2-40-29-16-26-24(15-27(29)38-30(39)11-9-21-7-5-13-34-21)31(20(17-33)18-36-26)37-22-8-10-28(25(32)14-22)41-19-23-6-3-4-12-35-23/h3-4,6,8-12,14-16,18,21,34H,2,5,7,13,19H2,1H3,(H,36,37)(H,38,39). The van der Waals surface area contributed by atoms with Crippen LogP contribution < -0.4 is 25.4 Å². The molecule has 3 heterocycles. The van der Waals surface area contributed by atoms with Crippen molar-refractivity contribution in [2.75, 3.05) is 23.8 Å². The van der Waals surface area contributed by atoms with Crippen molar-refractivity contribution in [3.8, 4) is 17.6 Å². The summed E-state index contributed by atoms with van der Waals surface area (Å²) in [5.74, 6) is 0.725. The zero-order valence-electron chi connectivity index (χ0n) is 22.5. The number of nitriles is 1. The Bertz CT molecular complexity index is 1610. The Kier molecular flexibility index (Phi) is 8.94. The van der Waals surface area contributed by atoms with Crippen LogP contribution in [-0.2, 0) is 11.4 Å². The number of benzene rings is 2. The van der Waals surface area contributed by atoms with Crippen molar-refractivity contribution in [2.24, 2.45) is 0 Å². The highest BCUT2D eigenvalue weighted by Gasteiger charge is 2.16. The summed E-state index contributed by atoms with van der Waals surface area (Å²) in [5, 5.41) is 20.5. The fraction of sp³-hybridized carbons (Fsp3) is 0.226. The van der Waals surface area contributed by atoms with Gasteiger partial charge in [0.15, 0.2) is 0 Å². The van der Waals surface area contributed by atoms with Gasteiger partial charge in [0.2, 0.25) is 5.91 Å². The normalized spacial score (nSPS) is 14.6. The van der Waals surface area contributed by atoms with E-state index in [0.717, 1.165) is 25.1 Å². The summed E-state index contributed by atoms with van der Waals surface area (Å²) in [6.45, 7) is 3.51. The molecule has 0 bridgehead atoms. The van der Waals surface area contributed by atoms with Crippen LogP contribution in [0.1, 0.15) is 31.0 Å². The molecule has 0 aliphatic carbocycles. The molecular formula is C31H29ClN6O3. The lowest BCUT2D eigenvalue weighted by Gasteiger charge is -2.16. The molecule has 3 N–H and O–H groups in total. The number of fused-ring (bicyclic) bond motifs is 1. The van der Waals surface area contributed by atoms with Crippen LogP contribution >= 0.6 is 11.6 Å². The first-order valence-electron chi connectivity index (χ1n) is 13.4. The molecule has 0 spiro atoms. The van der Waals surface area contributed by atoms with Crippen LogP contribution in [0.2, 0.25) is 5.02 Å². The predicted molar refractivity (Wildman–Crippen MR) is 160 cm³/mol. The molecule has 1 saturated heterocycles. The van der Waals surface area contributed by atoms with Gasteiger partial charge in [-0.2, -0.15) is 5.26 Å². The predicted octanol–water partition coefficient (Wildman–Crippen LogP) is 6.12. The number of nitrogens with zero attached hydrogens (tertiary/aromatic N) is 3. The molecule has 0 saturated carbocycles. The number of carbonyl (C=O) groups is 1. The van der Waals surface area contributed by atoms with E-state index in [9.17, 15) is 10.1 Å². The van der Waals surface area contributed by atoms with Crippen LogP contribution in [0.4, 0.5) is 17.1 Å². The number of anilines is 3. The van der Waals surface area contributed by atoms with Gasteiger partial charge < -0.3 is 25.4 Å². The molecule has 10 heteroatoms. The van der Waals surface area contributed by atoms with E-state index < -0.39 is 0 Å². The second-order valence-electron chi connectivity index (χ2n) is 9.39. The van der Waals surface area contributed by atoms with Gasteiger partial charge in [-0.1, -0.05) is 23.7 Å². The number of hydrogen-bond acceptors (Lipinski definition) is 8. The molecule has 4 aromatic rings. The van der Waals surface area contributed by atoms with Crippen molar-refractivity contribution >= 4 is 45.5 Å². The number of halogens is 1. The lowest BCUT2D eigenvalue weighted by molar-refractivity contribution is -0.111. The van der Waals surface area contributed by atoms with Crippen molar-refractivity contribution in [1.29, 1.82) is 5.26 Å². The van der Waals surface area contributed by atoms with Crippen molar-refractivity contribution in [2.45, 2.75) is 32.4 Å². The van der Waals surface area contributed by atoms with Gasteiger partial charge in [-0.3, -0.25) is 14.8 Å². The summed E-state index contributed by atoms with van der Waals surface area (Å²) in [7, 11) is 0. The Balaban J connectivity index is 1.42. The molecule has 1 atom stereocenters. The van der Waals surface area contributed by atoms with Crippen molar-refractivity contribution in [3.63, 3.8) is 0 Å². The molecule has 1 aliphatic rings. The molecule has 208 valence electrons. The van der Waals surface area contributed by atoms with E-state index in [1.165, 1.54) is 12.3 Å². The quantitative estimate of drug-likeness (QED) is 0.196. The second-order valence-corrected chi connectivity index (χ2v) is 9.80. The summed E-state index contributed by atoms with van der Waals surface area (Å²) in [5.41, 5.74) is 3.37. The first-order chi connectivity index (χ1) is 20.0. The van der Waals surface area contributed by atoms with Gasteiger partial charge in [0.05, 0.1) is 39.8 Å². The highest BCUT2D eigenvalue weighted by molar-refractivity contribution is 6.32. The van der Waals surface area contributed by atoms with E-state index in [4.69, 9.17) is 21.1 Å². The second kappa shape index (κ2) is 13.1. The fourth-order valence-electron chi connectivity index (χ4n) is 4.54. The Hall–Kier alpha value is -4.65. The van der Waals surface area contributed by atoms with Crippen LogP contribution in [-0.4, -0.2) is 35.1 Å². The Morgan fingerprint density at radius 3 is 2.83 bits per heavy atom. The molecule has 1 amide bonds. The van der Waals surface area contributed by atoms with E-state index in [0.29, 0.717) is 56.7 Å². The Labute approximate surface area is 243 Å². The van der Waals surface area contributed by atoms with Crippen molar-refractivity contribution in [3.05, 3.63) is 89.4 Å². The van der Waals surface area contributed by atoms with E-state index in [1.54, 1.807) is 30.5 Å². The first-order valence-corrected chi connectivity index (χ1v) is 13.7. The van der Waals surface area contributed by atoms with E-state index in [-0.39, 0.29) is 18.6 Å². The van der Waals surface area contributed by atoms with Crippen LogP contribution in [0.3, 0.4) is 0 Å². The molecular weight excluding hydrogens is 540 g/mol. The third-order valence-corrected chi connectivity index (χ3v) is 6.82. The lowest BCUT2D eigenvalue weighted by atomic mass is 10.1. The fourth-order valence-corrected chi connectivity index (χ4v) is 4.78. The minimum Gasteiger partial charge on any atom is -0.492 e. The summed E-state index contributed by atoms with van der Waals surface area (Å²) in [6, 6.07) is 16.8. The maximum absolute atomic E-state index is 12.8. The van der Waals surface area contributed by atoms with Gasteiger partial charge in [-0.25, -0.2) is 0 Å². The van der Waals surface area contributed by atoms with E-state index >= 15 is 0 Å². The molecule has 2 aromatic heterocycles. The van der Waals surface area contributed by atoms with Crippen LogP contribution in [0.25, 0.3) is 10.9 Å². The zero-order valence-corrected chi connectivity index (χ0v) is 23.2. The molecule has 1 unspecified atom stereocenters. The minimum atomic E-state index is -0.272.